The lowest BCUT2D eigenvalue weighted by Crippen LogP contribution is -2.38. The molecule has 2 aromatic carbocycles. The molecule has 0 atom stereocenters. The lowest BCUT2D eigenvalue weighted by molar-refractivity contribution is -0.137. The third-order valence-corrected chi connectivity index (χ3v) is 5.68. The van der Waals surface area contributed by atoms with Crippen LogP contribution in [0.15, 0.2) is 42.5 Å². The standard InChI is InChI=1S/C20H21ClF3N3O4S/c1-3-10-25-19(29)14-6-4-5-7-17(14)26-18(28)12-27(32(2,30)31)13-8-9-16(21)15(11-13)20(22,23)24/h4-9,11H,3,10,12H2,1-2H3,(H,25,29)(H,26,28). The summed E-state index contributed by atoms with van der Waals surface area (Å²) in [5.41, 5.74) is -1.32. The molecule has 0 aromatic heterocycles. The van der Waals surface area contributed by atoms with Gasteiger partial charge in [-0.05, 0) is 36.8 Å². The minimum absolute atomic E-state index is 0.131. The van der Waals surface area contributed by atoms with Gasteiger partial charge in [0, 0.05) is 6.54 Å². The fraction of sp³-hybridized carbons (Fsp3) is 0.300. The number of carbonyl (C=O) groups is 2. The fourth-order valence-electron chi connectivity index (χ4n) is 2.73. The highest BCUT2D eigenvalue weighted by Crippen LogP contribution is 2.37. The van der Waals surface area contributed by atoms with Gasteiger partial charge in [0.05, 0.1) is 33.8 Å². The molecule has 0 saturated carbocycles. The number of benzene rings is 2. The van der Waals surface area contributed by atoms with Gasteiger partial charge in [0.2, 0.25) is 15.9 Å². The second-order valence-electron chi connectivity index (χ2n) is 6.78. The fourth-order valence-corrected chi connectivity index (χ4v) is 3.80. The van der Waals surface area contributed by atoms with E-state index in [2.05, 4.69) is 10.6 Å². The van der Waals surface area contributed by atoms with Crippen LogP contribution in [-0.4, -0.2) is 39.6 Å². The summed E-state index contributed by atoms with van der Waals surface area (Å²) in [7, 11) is -4.14. The Morgan fingerprint density at radius 2 is 1.78 bits per heavy atom. The third kappa shape index (κ3) is 6.60. The molecular formula is C20H21ClF3N3O4S. The topological polar surface area (TPSA) is 95.6 Å². The zero-order chi connectivity index (χ0) is 24.1. The van der Waals surface area contributed by atoms with Gasteiger partial charge in [-0.25, -0.2) is 8.42 Å². The maximum absolute atomic E-state index is 13.2. The van der Waals surface area contributed by atoms with Crippen LogP contribution in [0.5, 0.6) is 0 Å². The number of nitrogens with one attached hydrogen (secondary N) is 2. The van der Waals surface area contributed by atoms with E-state index in [0.717, 1.165) is 18.4 Å². The predicted molar refractivity (Wildman–Crippen MR) is 116 cm³/mol. The summed E-state index contributed by atoms with van der Waals surface area (Å²) in [6.45, 7) is 1.47. The number of anilines is 2. The van der Waals surface area contributed by atoms with Crippen molar-refractivity contribution in [2.45, 2.75) is 19.5 Å². The van der Waals surface area contributed by atoms with Crippen molar-refractivity contribution in [1.29, 1.82) is 0 Å². The highest BCUT2D eigenvalue weighted by atomic mass is 35.5. The number of para-hydroxylation sites is 1. The molecule has 0 spiro atoms. The van der Waals surface area contributed by atoms with E-state index in [1.807, 2.05) is 6.92 Å². The van der Waals surface area contributed by atoms with E-state index in [0.29, 0.717) is 23.3 Å². The van der Waals surface area contributed by atoms with E-state index in [-0.39, 0.29) is 16.9 Å². The molecule has 0 bridgehead atoms. The normalized spacial score (nSPS) is 11.7. The number of hydrogen-bond acceptors (Lipinski definition) is 4. The predicted octanol–water partition coefficient (Wildman–Crippen LogP) is 3.90. The highest BCUT2D eigenvalue weighted by molar-refractivity contribution is 7.92. The first kappa shape index (κ1) is 25.5. The number of nitrogens with zero attached hydrogens (tertiary/aromatic N) is 1. The summed E-state index contributed by atoms with van der Waals surface area (Å²) in [5, 5.41) is 4.50. The van der Waals surface area contributed by atoms with Gasteiger partial charge in [-0.3, -0.25) is 13.9 Å². The van der Waals surface area contributed by atoms with Crippen molar-refractivity contribution >= 4 is 44.8 Å². The van der Waals surface area contributed by atoms with Crippen molar-refractivity contribution in [1.82, 2.24) is 5.32 Å². The Morgan fingerprint density at radius 3 is 2.38 bits per heavy atom. The number of carbonyl (C=O) groups excluding carboxylic acids is 2. The summed E-state index contributed by atoms with van der Waals surface area (Å²) < 4.78 is 64.5. The molecule has 0 unspecified atom stereocenters. The van der Waals surface area contributed by atoms with E-state index >= 15 is 0 Å². The molecule has 32 heavy (non-hydrogen) atoms. The summed E-state index contributed by atoms with van der Waals surface area (Å²) in [5.74, 6) is -1.29. The van der Waals surface area contributed by atoms with Crippen molar-refractivity contribution in [3.05, 3.63) is 58.6 Å². The summed E-state index contributed by atoms with van der Waals surface area (Å²) in [6, 6.07) is 8.61. The number of amides is 2. The Labute approximate surface area is 188 Å². The molecule has 0 saturated heterocycles. The number of sulfonamides is 1. The van der Waals surface area contributed by atoms with Gasteiger partial charge in [-0.1, -0.05) is 30.7 Å². The second-order valence-corrected chi connectivity index (χ2v) is 9.10. The van der Waals surface area contributed by atoms with Gasteiger partial charge in [-0.15, -0.1) is 0 Å². The lowest BCUT2D eigenvalue weighted by atomic mass is 10.1. The van der Waals surface area contributed by atoms with Crippen molar-refractivity contribution in [3.8, 4) is 0 Å². The van der Waals surface area contributed by atoms with Crippen LogP contribution < -0.4 is 14.9 Å². The zero-order valence-electron chi connectivity index (χ0n) is 17.2. The Hall–Kier alpha value is -2.79. The van der Waals surface area contributed by atoms with Gasteiger partial charge in [0.1, 0.15) is 6.54 Å². The van der Waals surface area contributed by atoms with E-state index in [1.165, 1.54) is 12.1 Å². The van der Waals surface area contributed by atoms with Gasteiger partial charge < -0.3 is 10.6 Å². The van der Waals surface area contributed by atoms with Crippen molar-refractivity contribution in [2.24, 2.45) is 0 Å². The minimum atomic E-state index is -4.82. The van der Waals surface area contributed by atoms with E-state index in [9.17, 15) is 31.2 Å². The Bertz CT molecular complexity index is 1110. The molecule has 0 radical (unpaired) electrons. The molecule has 7 nitrogen and oxygen atoms in total. The smallest absolute Gasteiger partial charge is 0.352 e. The molecule has 2 aromatic rings. The van der Waals surface area contributed by atoms with Gasteiger partial charge in [0.15, 0.2) is 0 Å². The van der Waals surface area contributed by atoms with Gasteiger partial charge >= 0.3 is 6.18 Å². The van der Waals surface area contributed by atoms with E-state index in [4.69, 9.17) is 11.6 Å². The average molecular weight is 492 g/mol. The SMILES string of the molecule is CCCNC(=O)c1ccccc1NC(=O)CN(c1ccc(Cl)c(C(F)(F)F)c1)S(C)(=O)=O. The Kier molecular flexibility index (Phi) is 8.13. The maximum atomic E-state index is 13.2. The second kappa shape index (κ2) is 10.2. The first-order valence-electron chi connectivity index (χ1n) is 9.36. The molecule has 0 heterocycles. The van der Waals surface area contributed by atoms with Crippen molar-refractivity contribution in [3.63, 3.8) is 0 Å². The summed E-state index contributed by atoms with van der Waals surface area (Å²) >= 11 is 5.59. The van der Waals surface area contributed by atoms with Crippen molar-refractivity contribution < 1.29 is 31.2 Å². The monoisotopic (exact) mass is 491 g/mol. The Morgan fingerprint density at radius 1 is 1.12 bits per heavy atom. The summed E-state index contributed by atoms with van der Waals surface area (Å²) in [6.07, 6.45) is -3.36. The largest absolute Gasteiger partial charge is 0.417 e. The average Bonchev–Trinajstić information content (AvgIpc) is 2.69. The molecule has 2 rings (SSSR count). The van der Waals surface area contributed by atoms with Crippen LogP contribution in [0.1, 0.15) is 29.3 Å². The molecule has 12 heteroatoms. The van der Waals surface area contributed by atoms with Crippen LogP contribution >= 0.6 is 11.6 Å². The van der Waals surface area contributed by atoms with E-state index in [1.54, 1.807) is 12.1 Å². The zero-order valence-corrected chi connectivity index (χ0v) is 18.7. The first-order chi connectivity index (χ1) is 14.8. The van der Waals surface area contributed by atoms with Crippen molar-refractivity contribution in [2.75, 3.05) is 29.0 Å². The van der Waals surface area contributed by atoms with E-state index < -0.39 is 45.1 Å². The van der Waals surface area contributed by atoms with Gasteiger partial charge in [0.25, 0.3) is 5.91 Å². The Balaban J connectivity index is 2.32. The number of hydrogen-bond donors (Lipinski definition) is 2. The van der Waals surface area contributed by atoms with Crippen LogP contribution in [-0.2, 0) is 21.0 Å². The highest BCUT2D eigenvalue weighted by Gasteiger charge is 2.34. The number of alkyl halides is 3. The molecule has 2 N–H and O–H groups in total. The van der Waals surface area contributed by atoms with Crippen LogP contribution in [0.2, 0.25) is 5.02 Å². The number of rotatable bonds is 8. The minimum Gasteiger partial charge on any atom is -0.352 e. The van der Waals surface area contributed by atoms with Crippen LogP contribution in [0.3, 0.4) is 0 Å². The third-order valence-electron chi connectivity index (χ3n) is 4.21. The van der Waals surface area contributed by atoms with Crippen LogP contribution in [0.4, 0.5) is 24.5 Å². The maximum Gasteiger partial charge on any atom is 0.417 e. The summed E-state index contributed by atoms with van der Waals surface area (Å²) in [4.78, 5) is 24.9. The molecule has 2 amide bonds. The molecule has 0 aliphatic rings. The molecule has 0 aliphatic heterocycles. The quantitative estimate of drug-likeness (QED) is 0.585. The number of halogens is 4. The lowest BCUT2D eigenvalue weighted by Gasteiger charge is -2.23. The first-order valence-corrected chi connectivity index (χ1v) is 11.6. The van der Waals surface area contributed by atoms with Gasteiger partial charge in [-0.2, -0.15) is 13.2 Å². The van der Waals surface area contributed by atoms with Crippen LogP contribution in [0.25, 0.3) is 0 Å². The molecular weight excluding hydrogens is 471 g/mol. The molecule has 0 fully saturated rings. The molecule has 174 valence electrons. The molecule has 0 aliphatic carbocycles. The van der Waals surface area contributed by atoms with Crippen LogP contribution in [0, 0.1) is 0 Å².